The number of aromatic nitrogens is 1. The molecule has 106 valence electrons. The van der Waals surface area contributed by atoms with E-state index in [1.807, 2.05) is 36.3 Å². The Balaban J connectivity index is 1.90. The maximum atomic E-state index is 6.55. The van der Waals surface area contributed by atoms with Gasteiger partial charge in [-0.25, -0.2) is 0 Å². The largest absolute Gasteiger partial charge is 0.347 e. The van der Waals surface area contributed by atoms with Crippen molar-refractivity contribution in [2.75, 3.05) is 0 Å². The average molecular weight is 295 g/mol. The van der Waals surface area contributed by atoms with Crippen molar-refractivity contribution in [3.05, 3.63) is 77.0 Å². The van der Waals surface area contributed by atoms with E-state index in [0.29, 0.717) is 5.92 Å². The fourth-order valence-corrected chi connectivity index (χ4v) is 4.99. The number of hydrogen-bond donors (Lipinski definition) is 0. The lowest BCUT2D eigenvalue weighted by Gasteiger charge is -2.58. The monoisotopic (exact) mass is 295 g/mol. The summed E-state index contributed by atoms with van der Waals surface area (Å²) in [6.45, 7) is 4.35. The smallest absolute Gasteiger partial charge is 0.131 e. The van der Waals surface area contributed by atoms with Crippen molar-refractivity contribution in [3.8, 4) is 0 Å². The molecular weight excluding hydrogens is 278 g/mol. The normalized spacial score (nSPS) is 34.0. The molecule has 2 nitrogen and oxygen atoms in total. The van der Waals surface area contributed by atoms with E-state index in [9.17, 15) is 0 Å². The summed E-state index contributed by atoms with van der Waals surface area (Å²) in [6.07, 6.45) is 6.09. The van der Waals surface area contributed by atoms with Gasteiger partial charge < -0.3 is 4.74 Å². The quantitative estimate of drug-likeness (QED) is 0.823. The summed E-state index contributed by atoms with van der Waals surface area (Å²) in [5.41, 5.74) is 1.92. The van der Waals surface area contributed by atoms with Crippen molar-refractivity contribution < 1.29 is 4.74 Å². The van der Waals surface area contributed by atoms with Crippen LogP contribution < -0.4 is 0 Å². The molecule has 1 aromatic carbocycles. The highest BCUT2D eigenvalue weighted by molar-refractivity contribution is 8.04. The zero-order chi connectivity index (χ0) is 14.5. The predicted molar refractivity (Wildman–Crippen MR) is 85.8 cm³/mol. The molecule has 1 saturated heterocycles. The number of rotatable bonds is 2. The van der Waals surface area contributed by atoms with Gasteiger partial charge in [0.05, 0.1) is 5.92 Å². The second-order valence-corrected chi connectivity index (χ2v) is 7.48. The highest BCUT2D eigenvalue weighted by atomic mass is 32.2. The van der Waals surface area contributed by atoms with Crippen LogP contribution in [-0.4, -0.2) is 9.92 Å². The Bertz CT molecular complexity index is 658. The van der Waals surface area contributed by atoms with Crippen molar-refractivity contribution in [1.82, 2.24) is 4.98 Å². The van der Waals surface area contributed by atoms with E-state index in [2.05, 4.69) is 55.2 Å². The van der Waals surface area contributed by atoms with E-state index in [0.717, 1.165) is 5.56 Å². The zero-order valence-electron chi connectivity index (χ0n) is 12.1. The first kappa shape index (κ1) is 13.1. The van der Waals surface area contributed by atoms with Gasteiger partial charge in [0, 0.05) is 18.0 Å². The molecular formula is C18H17NOS. The summed E-state index contributed by atoms with van der Waals surface area (Å²) >= 11 is 1.83. The minimum atomic E-state index is -0.408. The summed E-state index contributed by atoms with van der Waals surface area (Å²) in [6, 6.07) is 14.6. The molecule has 2 aliphatic heterocycles. The third-order valence-electron chi connectivity index (χ3n) is 4.42. The van der Waals surface area contributed by atoms with E-state index in [1.54, 1.807) is 0 Å². The fourth-order valence-electron chi connectivity index (χ4n) is 3.61. The van der Waals surface area contributed by atoms with Crippen LogP contribution in [0, 0.1) is 5.92 Å². The van der Waals surface area contributed by atoms with Gasteiger partial charge in [0.15, 0.2) is 0 Å². The SMILES string of the molecule is CC1=C[C@H]2[C@@](c3ccccc3)(c3cccnc3)O[C@@]2(C)S1. The van der Waals surface area contributed by atoms with Crippen molar-refractivity contribution in [3.63, 3.8) is 0 Å². The Hall–Kier alpha value is -1.58. The molecule has 0 unspecified atom stereocenters. The minimum absolute atomic E-state index is 0.157. The predicted octanol–water partition coefficient (Wildman–Crippen LogP) is 4.34. The molecule has 3 atom stereocenters. The molecule has 3 heteroatoms. The van der Waals surface area contributed by atoms with E-state index in [-0.39, 0.29) is 4.93 Å². The third kappa shape index (κ3) is 1.74. The Labute approximate surface area is 129 Å². The number of pyridine rings is 1. The number of benzene rings is 1. The lowest BCUT2D eigenvalue weighted by Crippen LogP contribution is -2.61. The molecule has 1 aromatic heterocycles. The van der Waals surface area contributed by atoms with Gasteiger partial charge in [0.25, 0.3) is 0 Å². The van der Waals surface area contributed by atoms with E-state index in [4.69, 9.17) is 4.74 Å². The molecule has 21 heavy (non-hydrogen) atoms. The number of allylic oxidation sites excluding steroid dienone is 1. The topological polar surface area (TPSA) is 22.1 Å². The van der Waals surface area contributed by atoms with Crippen molar-refractivity contribution in [2.24, 2.45) is 5.92 Å². The number of thioether (sulfide) groups is 1. The molecule has 0 aliphatic carbocycles. The second-order valence-electron chi connectivity index (χ2n) is 5.82. The van der Waals surface area contributed by atoms with Gasteiger partial charge in [0.2, 0.25) is 0 Å². The standard InChI is InChI=1S/C18H17NOS/c1-13-11-16-17(2,21-13)20-18(16,14-7-4-3-5-8-14)15-9-6-10-19-12-15/h3-12,16H,1-2H3/t16-,17+,18-/m1/s1. The van der Waals surface area contributed by atoms with Crippen molar-refractivity contribution in [1.29, 1.82) is 0 Å². The van der Waals surface area contributed by atoms with Gasteiger partial charge in [0.1, 0.15) is 10.5 Å². The number of nitrogens with zero attached hydrogens (tertiary/aromatic N) is 1. The molecule has 0 spiro atoms. The summed E-state index contributed by atoms with van der Waals surface area (Å²) in [7, 11) is 0. The number of fused-ring (bicyclic) bond motifs is 1. The van der Waals surface area contributed by atoms with Gasteiger partial charge >= 0.3 is 0 Å². The van der Waals surface area contributed by atoms with Crippen LogP contribution >= 0.6 is 11.8 Å². The van der Waals surface area contributed by atoms with Gasteiger partial charge in [-0.1, -0.05) is 54.2 Å². The van der Waals surface area contributed by atoms with Gasteiger partial charge in [-0.15, -0.1) is 0 Å². The van der Waals surface area contributed by atoms with E-state index >= 15 is 0 Å². The van der Waals surface area contributed by atoms with Gasteiger partial charge in [-0.3, -0.25) is 4.98 Å². The molecule has 4 rings (SSSR count). The first-order chi connectivity index (χ1) is 10.2. The summed E-state index contributed by atoms with van der Waals surface area (Å²) in [4.78, 5) is 5.49. The minimum Gasteiger partial charge on any atom is -0.347 e. The van der Waals surface area contributed by atoms with E-state index < -0.39 is 5.60 Å². The first-order valence-electron chi connectivity index (χ1n) is 7.19. The van der Waals surface area contributed by atoms with Crippen LogP contribution in [0.25, 0.3) is 0 Å². The highest BCUT2D eigenvalue weighted by Crippen LogP contribution is 2.66. The Morgan fingerprint density at radius 1 is 1.10 bits per heavy atom. The molecule has 0 amide bonds. The third-order valence-corrected chi connectivity index (χ3v) is 5.63. The molecule has 1 fully saturated rings. The van der Waals surface area contributed by atoms with E-state index in [1.165, 1.54) is 10.5 Å². The highest BCUT2D eigenvalue weighted by Gasteiger charge is 2.66. The molecule has 0 N–H and O–H groups in total. The molecule has 0 bridgehead atoms. The fraction of sp³-hybridized carbons (Fsp3) is 0.278. The van der Waals surface area contributed by atoms with Crippen LogP contribution in [0.4, 0.5) is 0 Å². The summed E-state index contributed by atoms with van der Waals surface area (Å²) in [5.74, 6) is 0.335. The molecule has 2 aromatic rings. The lowest BCUT2D eigenvalue weighted by atomic mass is 9.69. The molecule has 0 radical (unpaired) electrons. The number of ether oxygens (including phenoxy) is 1. The van der Waals surface area contributed by atoms with Gasteiger partial charge in [-0.2, -0.15) is 0 Å². The van der Waals surface area contributed by atoms with Crippen molar-refractivity contribution in [2.45, 2.75) is 24.4 Å². The second kappa shape index (κ2) is 4.46. The maximum Gasteiger partial charge on any atom is 0.131 e. The van der Waals surface area contributed by atoms with Crippen molar-refractivity contribution >= 4 is 11.8 Å². The first-order valence-corrected chi connectivity index (χ1v) is 8.00. The summed E-state index contributed by atoms with van der Waals surface area (Å²) < 4.78 is 6.55. The van der Waals surface area contributed by atoms with Crippen LogP contribution in [0.2, 0.25) is 0 Å². The molecule has 0 saturated carbocycles. The van der Waals surface area contributed by atoms with Crippen LogP contribution in [0.3, 0.4) is 0 Å². The number of hydrogen-bond acceptors (Lipinski definition) is 3. The Morgan fingerprint density at radius 3 is 2.52 bits per heavy atom. The molecule has 2 aliphatic rings. The Morgan fingerprint density at radius 2 is 1.86 bits per heavy atom. The average Bonchev–Trinajstić information content (AvgIpc) is 2.75. The van der Waals surface area contributed by atoms with Crippen LogP contribution in [0.5, 0.6) is 0 Å². The summed E-state index contributed by atoms with van der Waals surface area (Å²) in [5, 5.41) is 0. The Kier molecular flexibility index (Phi) is 2.78. The van der Waals surface area contributed by atoms with Crippen LogP contribution in [-0.2, 0) is 10.3 Å². The van der Waals surface area contributed by atoms with Crippen LogP contribution in [0.1, 0.15) is 25.0 Å². The maximum absolute atomic E-state index is 6.55. The zero-order valence-corrected chi connectivity index (χ0v) is 12.9. The van der Waals surface area contributed by atoms with Gasteiger partial charge in [-0.05, 0) is 30.4 Å². The van der Waals surface area contributed by atoms with Crippen LogP contribution in [0.15, 0.2) is 65.8 Å². The lowest BCUT2D eigenvalue weighted by molar-refractivity contribution is -0.238. The molecule has 3 heterocycles.